The van der Waals surface area contributed by atoms with Crippen LogP contribution in [0.3, 0.4) is 0 Å². The molecule has 1 rings (SSSR count). The van der Waals surface area contributed by atoms with Crippen molar-refractivity contribution >= 4 is 17.6 Å². The van der Waals surface area contributed by atoms with E-state index in [2.05, 4.69) is 4.98 Å². The Bertz CT molecular complexity index is 319. The average Bonchev–Trinajstić information content (AvgIpc) is 2.12. The van der Waals surface area contributed by atoms with Crippen LogP contribution in [0.25, 0.3) is 0 Å². The molecule has 0 unspecified atom stereocenters. The molecule has 0 saturated carbocycles. The molecule has 0 saturated heterocycles. The molecular weight excluding hydrogens is 202 g/mol. The molecule has 1 aromatic heterocycles. The van der Waals surface area contributed by atoms with E-state index in [1.165, 1.54) is 6.07 Å². The minimum Gasteiger partial charge on any atom is -0.462 e. The number of pyridine rings is 1. The van der Waals surface area contributed by atoms with Crippen LogP contribution < -0.4 is 0 Å². The highest BCUT2D eigenvalue weighted by Crippen LogP contribution is 2.11. The second-order valence-electron chi connectivity index (χ2n) is 2.96. The quantitative estimate of drug-likeness (QED) is 0.572. The highest BCUT2D eigenvalue weighted by molar-refractivity contribution is 6.29. The molecule has 0 bridgehead atoms. The topological polar surface area (TPSA) is 39.2 Å². The normalized spacial score (nSPS) is 9.93. The van der Waals surface area contributed by atoms with Crippen LogP contribution in [0.4, 0.5) is 0 Å². The first-order valence-corrected chi connectivity index (χ1v) is 4.82. The van der Waals surface area contributed by atoms with Gasteiger partial charge in [-0.1, -0.05) is 18.5 Å². The average molecular weight is 214 g/mol. The maximum Gasteiger partial charge on any atom is 0.338 e. The van der Waals surface area contributed by atoms with Crippen LogP contribution in [0.1, 0.15) is 29.4 Å². The van der Waals surface area contributed by atoms with Gasteiger partial charge < -0.3 is 4.74 Å². The van der Waals surface area contributed by atoms with Crippen molar-refractivity contribution in [3.05, 3.63) is 28.5 Å². The lowest BCUT2D eigenvalue weighted by Gasteiger charge is -2.03. The fourth-order valence-corrected chi connectivity index (χ4v) is 1.27. The summed E-state index contributed by atoms with van der Waals surface area (Å²) in [7, 11) is 0. The molecule has 0 N–H and O–H groups in total. The molecule has 76 valence electrons. The van der Waals surface area contributed by atoms with Crippen LogP contribution in [0.15, 0.2) is 12.1 Å². The van der Waals surface area contributed by atoms with Gasteiger partial charge in [0.05, 0.1) is 12.2 Å². The summed E-state index contributed by atoms with van der Waals surface area (Å²) in [5, 5.41) is 0.313. The summed E-state index contributed by atoms with van der Waals surface area (Å²) in [4.78, 5) is 15.4. The maximum absolute atomic E-state index is 11.4. The first-order valence-electron chi connectivity index (χ1n) is 4.44. The second-order valence-corrected chi connectivity index (χ2v) is 3.34. The zero-order valence-electron chi connectivity index (χ0n) is 8.21. The maximum atomic E-state index is 11.4. The summed E-state index contributed by atoms with van der Waals surface area (Å²) in [6, 6.07) is 3.16. The molecule has 0 fully saturated rings. The van der Waals surface area contributed by atoms with E-state index in [0.717, 1.165) is 6.42 Å². The van der Waals surface area contributed by atoms with Crippen LogP contribution in [0, 0.1) is 6.92 Å². The van der Waals surface area contributed by atoms with Gasteiger partial charge in [0, 0.05) is 5.69 Å². The van der Waals surface area contributed by atoms with Crippen molar-refractivity contribution in [3.8, 4) is 0 Å². The molecule has 0 atom stereocenters. The van der Waals surface area contributed by atoms with E-state index in [1.807, 2.05) is 6.92 Å². The lowest BCUT2D eigenvalue weighted by atomic mass is 10.2. The molecule has 0 amide bonds. The Hall–Kier alpha value is -1.09. The molecule has 1 heterocycles. The van der Waals surface area contributed by atoms with Gasteiger partial charge in [-0.15, -0.1) is 0 Å². The van der Waals surface area contributed by atoms with Crippen molar-refractivity contribution in [3.63, 3.8) is 0 Å². The number of carbonyl (C=O) groups is 1. The number of carbonyl (C=O) groups excluding carboxylic acids is 1. The zero-order valence-corrected chi connectivity index (χ0v) is 8.97. The number of aryl methyl sites for hydroxylation is 1. The molecular formula is C10H12ClNO2. The van der Waals surface area contributed by atoms with Gasteiger partial charge in [-0.2, -0.15) is 0 Å². The van der Waals surface area contributed by atoms with Gasteiger partial charge in [0.2, 0.25) is 0 Å². The van der Waals surface area contributed by atoms with Crippen molar-refractivity contribution in [2.45, 2.75) is 20.3 Å². The van der Waals surface area contributed by atoms with Crippen molar-refractivity contribution in [2.75, 3.05) is 6.61 Å². The molecule has 0 aliphatic carbocycles. The monoisotopic (exact) mass is 213 g/mol. The molecule has 0 spiro atoms. The molecule has 14 heavy (non-hydrogen) atoms. The van der Waals surface area contributed by atoms with Crippen molar-refractivity contribution in [1.29, 1.82) is 0 Å². The fraction of sp³-hybridized carbons (Fsp3) is 0.400. The number of nitrogens with zero attached hydrogens (tertiary/aromatic N) is 1. The first kappa shape index (κ1) is 11.0. The van der Waals surface area contributed by atoms with E-state index in [1.54, 1.807) is 13.0 Å². The molecule has 0 aliphatic rings. The van der Waals surface area contributed by atoms with Gasteiger partial charge in [-0.05, 0) is 25.5 Å². The minimum atomic E-state index is -0.348. The van der Waals surface area contributed by atoms with Gasteiger partial charge in [0.15, 0.2) is 0 Å². The number of hydrogen-bond acceptors (Lipinski definition) is 3. The third-order valence-corrected chi connectivity index (χ3v) is 1.79. The Morgan fingerprint density at radius 2 is 2.29 bits per heavy atom. The predicted octanol–water partition coefficient (Wildman–Crippen LogP) is 2.61. The second kappa shape index (κ2) is 4.96. The molecule has 1 aromatic rings. The van der Waals surface area contributed by atoms with Gasteiger partial charge in [-0.25, -0.2) is 9.78 Å². The summed E-state index contributed by atoms with van der Waals surface area (Å²) in [6.45, 7) is 4.15. The predicted molar refractivity (Wildman–Crippen MR) is 54.6 cm³/mol. The molecule has 0 aromatic carbocycles. The molecule has 4 heteroatoms. The number of esters is 1. The van der Waals surface area contributed by atoms with Crippen LogP contribution in [0.2, 0.25) is 5.15 Å². The third kappa shape index (κ3) is 3.00. The fourth-order valence-electron chi connectivity index (χ4n) is 1.02. The SMILES string of the molecule is CCCOC(=O)c1cc(C)nc(Cl)c1. The summed E-state index contributed by atoms with van der Waals surface area (Å²) in [6.07, 6.45) is 0.809. The van der Waals surface area contributed by atoms with E-state index in [-0.39, 0.29) is 5.97 Å². The van der Waals surface area contributed by atoms with Crippen LogP contribution in [-0.2, 0) is 4.74 Å². The third-order valence-electron chi connectivity index (χ3n) is 1.60. The summed E-state index contributed by atoms with van der Waals surface area (Å²) < 4.78 is 4.96. The number of rotatable bonds is 3. The van der Waals surface area contributed by atoms with Gasteiger partial charge >= 0.3 is 5.97 Å². The largest absolute Gasteiger partial charge is 0.462 e. The summed E-state index contributed by atoms with van der Waals surface area (Å²) in [5.41, 5.74) is 1.16. The lowest BCUT2D eigenvalue weighted by Crippen LogP contribution is -2.06. The van der Waals surface area contributed by atoms with Crippen molar-refractivity contribution in [2.24, 2.45) is 0 Å². The lowest BCUT2D eigenvalue weighted by molar-refractivity contribution is 0.0505. The summed E-state index contributed by atoms with van der Waals surface area (Å²) >= 11 is 5.71. The van der Waals surface area contributed by atoms with Crippen molar-refractivity contribution < 1.29 is 9.53 Å². The minimum absolute atomic E-state index is 0.313. The highest BCUT2D eigenvalue weighted by Gasteiger charge is 2.08. The number of halogens is 1. The van der Waals surface area contributed by atoms with Crippen LogP contribution >= 0.6 is 11.6 Å². The Kier molecular flexibility index (Phi) is 3.89. The van der Waals surface area contributed by atoms with E-state index in [0.29, 0.717) is 23.0 Å². The summed E-state index contributed by atoms with van der Waals surface area (Å²) in [5.74, 6) is -0.348. The number of hydrogen-bond donors (Lipinski definition) is 0. The Balaban J connectivity index is 2.79. The van der Waals surface area contributed by atoms with E-state index in [4.69, 9.17) is 16.3 Å². The first-order chi connectivity index (χ1) is 6.63. The van der Waals surface area contributed by atoms with E-state index < -0.39 is 0 Å². The van der Waals surface area contributed by atoms with Gasteiger partial charge in [0.1, 0.15) is 5.15 Å². The van der Waals surface area contributed by atoms with E-state index in [9.17, 15) is 4.79 Å². The zero-order chi connectivity index (χ0) is 10.6. The smallest absolute Gasteiger partial charge is 0.338 e. The molecule has 0 aliphatic heterocycles. The molecule has 3 nitrogen and oxygen atoms in total. The standard InChI is InChI=1S/C10H12ClNO2/c1-3-4-14-10(13)8-5-7(2)12-9(11)6-8/h5-6H,3-4H2,1-2H3. The van der Waals surface area contributed by atoms with Crippen molar-refractivity contribution in [1.82, 2.24) is 4.98 Å². The Morgan fingerprint density at radius 3 is 2.86 bits per heavy atom. The van der Waals surface area contributed by atoms with Gasteiger partial charge in [-0.3, -0.25) is 0 Å². The Labute approximate surface area is 88.1 Å². The van der Waals surface area contributed by atoms with Crippen LogP contribution in [0.5, 0.6) is 0 Å². The highest BCUT2D eigenvalue weighted by atomic mass is 35.5. The van der Waals surface area contributed by atoms with Gasteiger partial charge in [0.25, 0.3) is 0 Å². The van der Waals surface area contributed by atoms with E-state index >= 15 is 0 Å². The number of ether oxygens (including phenoxy) is 1. The molecule has 0 radical (unpaired) electrons. The Morgan fingerprint density at radius 1 is 1.57 bits per heavy atom. The van der Waals surface area contributed by atoms with Crippen LogP contribution in [-0.4, -0.2) is 17.6 Å². The number of aromatic nitrogens is 1.